The summed E-state index contributed by atoms with van der Waals surface area (Å²) < 4.78 is 2.00. The number of benzene rings is 1. The maximum absolute atomic E-state index is 11.0. The molecule has 7 heteroatoms. The van der Waals surface area contributed by atoms with Gasteiger partial charge in [-0.3, -0.25) is 14.3 Å². The zero-order valence-electron chi connectivity index (χ0n) is 13.2. The summed E-state index contributed by atoms with van der Waals surface area (Å²) in [6.45, 7) is 2.04. The van der Waals surface area contributed by atoms with Crippen LogP contribution in [0.2, 0.25) is 0 Å². The van der Waals surface area contributed by atoms with Crippen LogP contribution in [0.25, 0.3) is 17.1 Å². The third-order valence-corrected chi connectivity index (χ3v) is 4.42. The summed E-state index contributed by atoms with van der Waals surface area (Å²) >= 11 is 1.46. The zero-order chi connectivity index (χ0) is 16.9. The molecule has 0 aliphatic carbocycles. The topological polar surface area (TPSA) is 86.7 Å². The summed E-state index contributed by atoms with van der Waals surface area (Å²) in [5.41, 5.74) is 8.22. The number of pyridine rings is 1. The van der Waals surface area contributed by atoms with Gasteiger partial charge in [-0.05, 0) is 30.7 Å². The largest absolute Gasteiger partial charge is 0.370 e. The van der Waals surface area contributed by atoms with Crippen LogP contribution in [0, 0.1) is 6.92 Å². The molecule has 1 amide bonds. The fraction of sp³-hybridized carbons (Fsp3) is 0.176. The van der Waals surface area contributed by atoms with Gasteiger partial charge in [-0.15, -0.1) is 10.2 Å². The molecule has 0 fully saturated rings. The minimum absolute atomic E-state index is 0.299. The molecule has 122 valence electrons. The average Bonchev–Trinajstić information content (AvgIpc) is 2.99. The van der Waals surface area contributed by atoms with Gasteiger partial charge in [0.25, 0.3) is 0 Å². The van der Waals surface area contributed by atoms with Crippen molar-refractivity contribution in [3.63, 3.8) is 0 Å². The maximum atomic E-state index is 11.0. The van der Waals surface area contributed by atoms with Crippen LogP contribution in [0.15, 0.2) is 53.9 Å². The monoisotopic (exact) mass is 339 g/mol. The van der Waals surface area contributed by atoms with E-state index in [1.54, 1.807) is 12.4 Å². The second-order valence-electron chi connectivity index (χ2n) is 5.23. The molecule has 0 radical (unpaired) electrons. The van der Waals surface area contributed by atoms with E-state index in [1.807, 2.05) is 47.9 Å². The quantitative estimate of drug-likeness (QED) is 0.698. The highest BCUT2D eigenvalue weighted by molar-refractivity contribution is 7.99. The zero-order valence-corrected chi connectivity index (χ0v) is 14.0. The van der Waals surface area contributed by atoms with E-state index < -0.39 is 0 Å². The highest BCUT2D eigenvalue weighted by Gasteiger charge is 2.17. The lowest BCUT2D eigenvalue weighted by Gasteiger charge is -2.12. The van der Waals surface area contributed by atoms with Crippen LogP contribution in [-0.4, -0.2) is 31.4 Å². The number of thioether (sulfide) groups is 1. The van der Waals surface area contributed by atoms with Gasteiger partial charge in [-0.2, -0.15) is 0 Å². The van der Waals surface area contributed by atoms with Crippen molar-refractivity contribution in [1.29, 1.82) is 0 Å². The molecule has 0 atom stereocenters. The minimum atomic E-state index is -0.322. The lowest BCUT2D eigenvalue weighted by atomic mass is 10.2. The summed E-state index contributed by atoms with van der Waals surface area (Å²) in [5, 5.41) is 9.37. The number of nitrogens with two attached hydrogens (primary N) is 1. The molecule has 0 unspecified atom stereocenters. The summed E-state index contributed by atoms with van der Waals surface area (Å²) in [6.07, 6.45) is 3.78. The molecule has 1 aromatic carbocycles. The van der Waals surface area contributed by atoms with Crippen LogP contribution in [-0.2, 0) is 4.79 Å². The van der Waals surface area contributed by atoms with E-state index >= 15 is 0 Å². The van der Waals surface area contributed by atoms with Crippen LogP contribution in [0.1, 0.15) is 12.0 Å². The van der Waals surface area contributed by atoms with Crippen molar-refractivity contribution in [2.75, 3.05) is 5.75 Å². The van der Waals surface area contributed by atoms with E-state index in [2.05, 4.69) is 15.2 Å². The maximum Gasteiger partial charge on any atom is 0.218 e. The normalized spacial score (nSPS) is 10.7. The van der Waals surface area contributed by atoms with Gasteiger partial charge in [-0.1, -0.05) is 30.0 Å². The second kappa shape index (κ2) is 7.27. The van der Waals surface area contributed by atoms with Crippen LogP contribution in [0.4, 0.5) is 0 Å². The van der Waals surface area contributed by atoms with Crippen LogP contribution in [0.5, 0.6) is 0 Å². The number of amides is 1. The van der Waals surface area contributed by atoms with Crippen LogP contribution < -0.4 is 5.73 Å². The number of primary amides is 1. The van der Waals surface area contributed by atoms with Gasteiger partial charge in [-0.25, -0.2) is 0 Å². The highest BCUT2D eigenvalue weighted by atomic mass is 32.2. The first-order chi connectivity index (χ1) is 11.7. The second-order valence-corrected chi connectivity index (χ2v) is 6.30. The van der Waals surface area contributed by atoms with Crippen molar-refractivity contribution >= 4 is 17.7 Å². The van der Waals surface area contributed by atoms with Crippen molar-refractivity contribution in [3.8, 4) is 17.1 Å². The Labute approximate surface area is 144 Å². The van der Waals surface area contributed by atoms with E-state index in [9.17, 15) is 4.79 Å². The van der Waals surface area contributed by atoms with E-state index in [0.717, 1.165) is 27.8 Å². The molecule has 2 N–H and O–H groups in total. The first-order valence-electron chi connectivity index (χ1n) is 7.49. The van der Waals surface area contributed by atoms with E-state index in [1.165, 1.54) is 11.8 Å². The van der Waals surface area contributed by atoms with Crippen molar-refractivity contribution in [2.24, 2.45) is 5.73 Å². The first-order valence-corrected chi connectivity index (χ1v) is 8.48. The van der Waals surface area contributed by atoms with Crippen molar-refractivity contribution in [3.05, 3.63) is 54.4 Å². The predicted octanol–water partition coefficient (Wildman–Crippen LogP) is 2.61. The summed E-state index contributed by atoms with van der Waals surface area (Å²) in [5.74, 6) is 0.961. The molecule has 3 rings (SSSR count). The van der Waals surface area contributed by atoms with Crippen molar-refractivity contribution < 1.29 is 4.79 Å². The third-order valence-electron chi connectivity index (χ3n) is 3.49. The molecule has 0 spiro atoms. The molecule has 6 nitrogen and oxygen atoms in total. The van der Waals surface area contributed by atoms with Crippen molar-refractivity contribution in [2.45, 2.75) is 18.5 Å². The van der Waals surface area contributed by atoms with Crippen LogP contribution >= 0.6 is 11.8 Å². The Balaban J connectivity index is 2.06. The van der Waals surface area contributed by atoms with Crippen LogP contribution in [0.3, 0.4) is 0 Å². The molecule has 3 aromatic rings. The van der Waals surface area contributed by atoms with Gasteiger partial charge in [0, 0.05) is 30.1 Å². The molecular formula is C17H17N5OS. The van der Waals surface area contributed by atoms with Gasteiger partial charge in [0.2, 0.25) is 5.91 Å². The lowest BCUT2D eigenvalue weighted by molar-refractivity contribution is -0.117. The number of rotatable bonds is 6. The standard InChI is InChI=1S/C17H17N5OS/c1-12-5-2-3-7-14(12)22-16(13-6-4-9-19-11-13)20-21-17(22)24-10-8-15(18)23/h2-7,9,11H,8,10H2,1H3,(H2,18,23). The molecule has 2 aromatic heterocycles. The first kappa shape index (κ1) is 16.2. The van der Waals surface area contributed by atoms with Gasteiger partial charge >= 0.3 is 0 Å². The molecule has 0 bridgehead atoms. The number of nitrogens with zero attached hydrogens (tertiary/aromatic N) is 4. The highest BCUT2D eigenvalue weighted by Crippen LogP contribution is 2.29. The van der Waals surface area contributed by atoms with E-state index in [-0.39, 0.29) is 5.91 Å². The molecule has 0 saturated carbocycles. The van der Waals surface area contributed by atoms with E-state index in [0.29, 0.717) is 12.2 Å². The predicted molar refractivity (Wildman–Crippen MR) is 93.9 cm³/mol. The smallest absolute Gasteiger partial charge is 0.218 e. The van der Waals surface area contributed by atoms with Gasteiger partial charge in [0.1, 0.15) is 0 Å². The Hall–Kier alpha value is -2.67. The van der Waals surface area contributed by atoms with Gasteiger partial charge < -0.3 is 5.73 Å². The number of hydrogen-bond acceptors (Lipinski definition) is 5. The SMILES string of the molecule is Cc1ccccc1-n1c(SCCC(N)=O)nnc1-c1cccnc1. The molecule has 0 saturated heterocycles. The Morgan fingerprint density at radius 1 is 1.21 bits per heavy atom. The summed E-state index contributed by atoms with van der Waals surface area (Å²) in [4.78, 5) is 15.1. The van der Waals surface area contributed by atoms with Gasteiger partial charge in [0.15, 0.2) is 11.0 Å². The average molecular weight is 339 g/mol. The number of aryl methyl sites for hydroxylation is 1. The van der Waals surface area contributed by atoms with Crippen molar-refractivity contribution in [1.82, 2.24) is 19.7 Å². The molecular weight excluding hydrogens is 322 g/mol. The fourth-order valence-corrected chi connectivity index (χ4v) is 3.22. The number of para-hydroxylation sites is 1. The Morgan fingerprint density at radius 3 is 2.75 bits per heavy atom. The summed E-state index contributed by atoms with van der Waals surface area (Å²) in [7, 11) is 0. The Kier molecular flexibility index (Phi) is 4.90. The number of hydrogen-bond donors (Lipinski definition) is 1. The number of carbonyl (C=O) groups excluding carboxylic acids is 1. The summed E-state index contributed by atoms with van der Waals surface area (Å²) in [6, 6.07) is 11.9. The molecule has 2 heterocycles. The Morgan fingerprint density at radius 2 is 2.04 bits per heavy atom. The lowest BCUT2D eigenvalue weighted by Crippen LogP contribution is -2.11. The fourth-order valence-electron chi connectivity index (χ4n) is 2.32. The number of carbonyl (C=O) groups is 1. The third kappa shape index (κ3) is 3.46. The van der Waals surface area contributed by atoms with E-state index in [4.69, 9.17) is 5.73 Å². The van der Waals surface area contributed by atoms with Gasteiger partial charge in [0.05, 0.1) is 5.69 Å². The molecule has 0 aliphatic rings. The molecule has 24 heavy (non-hydrogen) atoms. The Bertz CT molecular complexity index is 847. The minimum Gasteiger partial charge on any atom is -0.370 e. The molecule has 0 aliphatic heterocycles. The number of aromatic nitrogens is 4.